The highest BCUT2D eigenvalue weighted by Crippen LogP contribution is 2.32. The second kappa shape index (κ2) is 5.78. The van der Waals surface area contributed by atoms with E-state index in [1.165, 1.54) is 18.3 Å². The van der Waals surface area contributed by atoms with Gasteiger partial charge in [-0.1, -0.05) is 17.7 Å². The Morgan fingerprint density at radius 2 is 1.74 bits per heavy atom. The van der Waals surface area contributed by atoms with Gasteiger partial charge in [-0.05, 0) is 56.1 Å². The summed E-state index contributed by atoms with van der Waals surface area (Å²) < 4.78 is 28.1. The molecule has 1 heterocycles. The highest BCUT2D eigenvalue weighted by Gasteiger charge is 2.17. The molecule has 1 aromatic heterocycles. The van der Waals surface area contributed by atoms with Crippen LogP contribution in [0.4, 0.5) is 5.69 Å². The monoisotopic (exact) mass is 424 g/mol. The van der Waals surface area contributed by atoms with Crippen LogP contribution in [-0.2, 0) is 10.0 Å². The third kappa shape index (κ3) is 3.47. The Bertz CT molecular complexity index is 685. The highest BCUT2D eigenvalue weighted by molar-refractivity contribution is 9.11. The molecule has 0 radical (unpaired) electrons. The molecule has 0 fully saturated rings. The van der Waals surface area contributed by atoms with Gasteiger partial charge in [0.2, 0.25) is 0 Å². The number of nitrogens with one attached hydrogen (secondary N) is 1. The lowest BCUT2D eigenvalue weighted by atomic mass is 10.3. The van der Waals surface area contributed by atoms with Crippen LogP contribution in [0.25, 0.3) is 0 Å². The smallest absolute Gasteiger partial charge is 0.263 e. The third-order valence-electron chi connectivity index (χ3n) is 2.21. The summed E-state index contributed by atoms with van der Waals surface area (Å²) in [6.07, 6.45) is 1.20. The van der Waals surface area contributed by atoms with Crippen molar-refractivity contribution in [2.75, 3.05) is 4.72 Å². The van der Waals surface area contributed by atoms with Gasteiger partial charge in [0.05, 0.1) is 5.69 Å². The van der Waals surface area contributed by atoms with Gasteiger partial charge in [0.15, 0.2) is 0 Å². The fourth-order valence-electron chi connectivity index (χ4n) is 1.31. The van der Waals surface area contributed by atoms with Crippen LogP contribution in [0.5, 0.6) is 0 Å². The molecular formula is C11H7Br2ClN2O2S. The predicted molar refractivity (Wildman–Crippen MR) is 81.9 cm³/mol. The minimum Gasteiger partial charge on any atom is -0.277 e. The van der Waals surface area contributed by atoms with E-state index in [9.17, 15) is 8.42 Å². The minimum atomic E-state index is -3.71. The zero-order valence-electron chi connectivity index (χ0n) is 9.27. The molecule has 0 spiro atoms. The van der Waals surface area contributed by atoms with Gasteiger partial charge < -0.3 is 0 Å². The topological polar surface area (TPSA) is 59.1 Å². The molecule has 0 saturated heterocycles. The van der Waals surface area contributed by atoms with Crippen LogP contribution in [0.3, 0.4) is 0 Å². The average molecular weight is 427 g/mol. The van der Waals surface area contributed by atoms with Gasteiger partial charge in [-0.2, -0.15) is 0 Å². The van der Waals surface area contributed by atoms with E-state index >= 15 is 0 Å². The minimum absolute atomic E-state index is 0.0413. The van der Waals surface area contributed by atoms with Crippen molar-refractivity contribution < 1.29 is 8.42 Å². The largest absolute Gasteiger partial charge is 0.277 e. The molecule has 1 aromatic carbocycles. The van der Waals surface area contributed by atoms with Gasteiger partial charge in [0.1, 0.15) is 10.0 Å². The summed E-state index contributed by atoms with van der Waals surface area (Å²) in [5, 5.41) is 0.237. The van der Waals surface area contributed by atoms with Crippen LogP contribution < -0.4 is 4.72 Å². The van der Waals surface area contributed by atoms with Gasteiger partial charge in [-0.15, -0.1) is 0 Å². The van der Waals surface area contributed by atoms with E-state index in [1.807, 2.05) is 0 Å². The standard InChI is InChI=1S/C11H7Br2ClN2O2S/c12-8-2-1-3-9(13)11(8)16-19(17,18)7-4-5-10(14)15-6-7/h1-6,16H. The van der Waals surface area contributed by atoms with E-state index in [2.05, 4.69) is 41.6 Å². The summed E-state index contributed by atoms with van der Waals surface area (Å²) in [6, 6.07) is 8.08. The highest BCUT2D eigenvalue weighted by atomic mass is 79.9. The quantitative estimate of drug-likeness (QED) is 0.753. The maximum Gasteiger partial charge on any atom is 0.263 e. The number of sulfonamides is 1. The Labute approximate surface area is 132 Å². The first-order chi connectivity index (χ1) is 8.90. The molecule has 4 nitrogen and oxygen atoms in total. The fourth-order valence-corrected chi connectivity index (χ4v) is 3.93. The van der Waals surface area contributed by atoms with Crippen molar-refractivity contribution in [2.45, 2.75) is 4.90 Å². The van der Waals surface area contributed by atoms with Crippen molar-refractivity contribution in [3.8, 4) is 0 Å². The van der Waals surface area contributed by atoms with Crippen LogP contribution in [0.1, 0.15) is 0 Å². The van der Waals surface area contributed by atoms with Gasteiger partial charge in [0.25, 0.3) is 10.0 Å². The van der Waals surface area contributed by atoms with E-state index in [0.29, 0.717) is 14.6 Å². The molecule has 0 atom stereocenters. The maximum absolute atomic E-state index is 12.2. The Morgan fingerprint density at radius 1 is 1.11 bits per heavy atom. The number of nitrogens with zero attached hydrogens (tertiary/aromatic N) is 1. The number of hydrogen-bond donors (Lipinski definition) is 1. The zero-order valence-corrected chi connectivity index (χ0v) is 14.0. The normalized spacial score (nSPS) is 11.3. The lowest BCUT2D eigenvalue weighted by molar-refractivity contribution is 0.601. The zero-order chi connectivity index (χ0) is 14.0. The molecule has 1 N–H and O–H groups in total. The molecular weight excluding hydrogens is 419 g/mol. The fraction of sp³-hybridized carbons (Fsp3) is 0. The van der Waals surface area contributed by atoms with Crippen LogP contribution in [0.15, 0.2) is 50.4 Å². The van der Waals surface area contributed by atoms with Crippen molar-refractivity contribution in [3.05, 3.63) is 50.6 Å². The number of rotatable bonds is 3. The lowest BCUT2D eigenvalue weighted by Gasteiger charge is -2.11. The number of aromatic nitrogens is 1. The second-order valence-electron chi connectivity index (χ2n) is 3.52. The molecule has 0 aliphatic rings. The van der Waals surface area contributed by atoms with Crippen LogP contribution >= 0.6 is 43.5 Å². The summed E-state index contributed by atoms with van der Waals surface area (Å²) in [5.41, 5.74) is 0.428. The first-order valence-corrected chi connectivity index (χ1v) is 8.43. The predicted octanol–water partition coefficient (Wildman–Crippen LogP) is 4.06. The number of hydrogen-bond acceptors (Lipinski definition) is 3. The second-order valence-corrected chi connectivity index (χ2v) is 7.30. The molecule has 0 aliphatic heterocycles. The number of para-hydroxylation sites is 1. The SMILES string of the molecule is O=S(=O)(Nc1c(Br)cccc1Br)c1ccc(Cl)nc1. The van der Waals surface area contributed by atoms with E-state index in [4.69, 9.17) is 11.6 Å². The van der Waals surface area contributed by atoms with Crippen LogP contribution in [-0.4, -0.2) is 13.4 Å². The molecule has 19 heavy (non-hydrogen) atoms. The van der Waals surface area contributed by atoms with E-state index in [0.717, 1.165) is 0 Å². The molecule has 2 aromatic rings. The first kappa shape index (κ1) is 14.8. The molecule has 8 heteroatoms. The maximum atomic E-state index is 12.2. The van der Waals surface area contributed by atoms with Gasteiger partial charge in [-0.3, -0.25) is 4.72 Å². The molecule has 0 amide bonds. The Kier molecular flexibility index (Phi) is 4.50. The van der Waals surface area contributed by atoms with Gasteiger partial charge >= 0.3 is 0 Å². The van der Waals surface area contributed by atoms with Crippen LogP contribution in [0, 0.1) is 0 Å². The average Bonchev–Trinajstić information content (AvgIpc) is 2.35. The number of anilines is 1. The summed E-state index contributed by atoms with van der Waals surface area (Å²) in [5.74, 6) is 0. The van der Waals surface area contributed by atoms with Crippen molar-refractivity contribution in [1.29, 1.82) is 0 Å². The van der Waals surface area contributed by atoms with Crippen molar-refractivity contribution in [1.82, 2.24) is 4.98 Å². The molecule has 0 bridgehead atoms. The first-order valence-electron chi connectivity index (χ1n) is 4.98. The van der Waals surface area contributed by atoms with Gasteiger partial charge in [-0.25, -0.2) is 13.4 Å². The molecule has 100 valence electrons. The number of benzene rings is 1. The molecule has 2 rings (SSSR count). The van der Waals surface area contributed by atoms with Gasteiger partial charge in [0, 0.05) is 15.1 Å². The van der Waals surface area contributed by atoms with Crippen molar-refractivity contribution in [3.63, 3.8) is 0 Å². The lowest BCUT2D eigenvalue weighted by Crippen LogP contribution is -2.14. The Hall–Kier alpha value is -0.630. The molecule has 0 unspecified atom stereocenters. The van der Waals surface area contributed by atoms with E-state index in [1.54, 1.807) is 18.2 Å². The van der Waals surface area contributed by atoms with Crippen molar-refractivity contribution >= 4 is 59.2 Å². The van der Waals surface area contributed by atoms with E-state index < -0.39 is 10.0 Å². The summed E-state index contributed by atoms with van der Waals surface area (Å²) in [7, 11) is -3.71. The molecule has 0 aliphatic carbocycles. The summed E-state index contributed by atoms with van der Waals surface area (Å²) in [6.45, 7) is 0. The van der Waals surface area contributed by atoms with E-state index in [-0.39, 0.29) is 10.0 Å². The number of halogens is 3. The Balaban J connectivity index is 2.39. The third-order valence-corrected chi connectivity index (χ3v) is 5.09. The van der Waals surface area contributed by atoms with Crippen molar-refractivity contribution in [2.24, 2.45) is 0 Å². The summed E-state index contributed by atoms with van der Waals surface area (Å²) in [4.78, 5) is 3.80. The Morgan fingerprint density at radius 3 is 2.26 bits per heavy atom. The molecule has 0 saturated carbocycles. The van der Waals surface area contributed by atoms with Crippen LogP contribution in [0.2, 0.25) is 5.15 Å². The summed E-state index contributed by atoms with van der Waals surface area (Å²) >= 11 is 12.2. The number of pyridine rings is 1.